The van der Waals surface area contributed by atoms with E-state index in [9.17, 15) is 10.1 Å². The molecule has 1 heterocycles. The Hall–Kier alpha value is -0.900. The first-order valence-corrected chi connectivity index (χ1v) is 4.80. The normalized spacial score (nSPS) is 34.2. The lowest BCUT2D eigenvalue weighted by Crippen LogP contribution is -2.49. The molecule has 2 atom stereocenters. The molecule has 4 nitrogen and oxygen atoms in total. The van der Waals surface area contributed by atoms with Gasteiger partial charge in [-0.05, 0) is 19.8 Å². The maximum atomic E-state index is 11.6. The molecular formula is C9H14N2O2. The first kappa shape index (κ1) is 8.69. The van der Waals surface area contributed by atoms with Crippen molar-refractivity contribution in [2.24, 2.45) is 0 Å². The zero-order valence-corrected chi connectivity index (χ0v) is 7.77. The van der Waals surface area contributed by atoms with Crippen LogP contribution in [-0.2, 0) is 0 Å². The smallest absolute Gasteiger partial charge is 0.239 e. The average Bonchev–Trinajstić information content (AvgIpc) is 2.15. The molecule has 0 bridgehead atoms. The van der Waals surface area contributed by atoms with Gasteiger partial charge < -0.3 is 10.3 Å². The van der Waals surface area contributed by atoms with Gasteiger partial charge in [-0.1, -0.05) is 6.42 Å². The zero-order chi connectivity index (χ0) is 9.42. The average molecular weight is 182 g/mol. The number of fused-ring (bicyclic) bond motifs is 1. The van der Waals surface area contributed by atoms with Crippen LogP contribution in [0.5, 0.6) is 0 Å². The van der Waals surface area contributed by atoms with Crippen molar-refractivity contribution < 1.29 is 4.76 Å². The monoisotopic (exact) mass is 182 g/mol. The van der Waals surface area contributed by atoms with Crippen LogP contribution in [0.3, 0.4) is 0 Å². The fraction of sp³-hybridized carbons (Fsp3) is 0.778. The van der Waals surface area contributed by atoms with E-state index in [0.29, 0.717) is 5.70 Å². The van der Waals surface area contributed by atoms with E-state index in [1.165, 1.54) is 6.20 Å². The van der Waals surface area contributed by atoms with Gasteiger partial charge in [0.15, 0.2) is 0 Å². The summed E-state index contributed by atoms with van der Waals surface area (Å²) in [7, 11) is 0. The molecule has 0 aromatic heterocycles. The molecule has 1 fully saturated rings. The van der Waals surface area contributed by atoms with Gasteiger partial charge in [0, 0.05) is 16.1 Å². The molecule has 0 saturated heterocycles. The summed E-state index contributed by atoms with van der Waals surface area (Å²) in [6.45, 7) is 1.70. The van der Waals surface area contributed by atoms with Gasteiger partial charge in [-0.2, -0.15) is 0 Å². The highest BCUT2D eigenvalue weighted by Gasteiger charge is 2.40. The minimum absolute atomic E-state index is 0.101. The van der Waals surface area contributed by atoms with E-state index in [4.69, 9.17) is 0 Å². The second-order valence-electron chi connectivity index (χ2n) is 3.88. The van der Waals surface area contributed by atoms with Crippen molar-refractivity contribution in [2.45, 2.75) is 44.7 Å². The van der Waals surface area contributed by atoms with Gasteiger partial charge in [-0.15, -0.1) is 0 Å². The number of hydrogen-bond donors (Lipinski definition) is 0. The summed E-state index contributed by atoms with van der Waals surface area (Å²) in [5.41, 5.74) is 0.540. The SMILES string of the molecule is CC1=C[N+](=O)[C@@H]2CCCC[C@@H]2N1[O-]. The molecule has 2 aliphatic rings. The first-order valence-electron chi connectivity index (χ1n) is 4.80. The molecule has 4 heteroatoms. The zero-order valence-electron chi connectivity index (χ0n) is 7.77. The summed E-state index contributed by atoms with van der Waals surface area (Å²) >= 11 is 0. The first-order chi connectivity index (χ1) is 6.20. The Labute approximate surface area is 77.4 Å². The van der Waals surface area contributed by atoms with E-state index in [1.54, 1.807) is 6.92 Å². The molecule has 72 valence electrons. The van der Waals surface area contributed by atoms with Crippen molar-refractivity contribution in [3.8, 4) is 0 Å². The highest BCUT2D eigenvalue weighted by molar-refractivity contribution is 5.03. The highest BCUT2D eigenvalue weighted by Crippen LogP contribution is 2.30. The van der Waals surface area contributed by atoms with Crippen LogP contribution in [0.1, 0.15) is 32.6 Å². The summed E-state index contributed by atoms with van der Waals surface area (Å²) in [5, 5.41) is 12.6. The molecule has 0 spiro atoms. The van der Waals surface area contributed by atoms with Gasteiger partial charge >= 0.3 is 0 Å². The predicted octanol–water partition coefficient (Wildman–Crippen LogP) is 1.75. The van der Waals surface area contributed by atoms with Crippen LogP contribution in [0.4, 0.5) is 0 Å². The topological polar surface area (TPSA) is 46.4 Å². The van der Waals surface area contributed by atoms with E-state index in [-0.39, 0.29) is 12.1 Å². The summed E-state index contributed by atoms with van der Waals surface area (Å²) in [6, 6.07) is -0.203. The Balaban J connectivity index is 2.26. The molecule has 0 aromatic rings. The molecule has 0 N–H and O–H groups in total. The fourth-order valence-corrected chi connectivity index (χ4v) is 2.26. The Morgan fingerprint density at radius 3 is 3.00 bits per heavy atom. The maximum Gasteiger partial charge on any atom is 0.239 e. The molecule has 1 aliphatic heterocycles. The summed E-state index contributed by atoms with van der Waals surface area (Å²) < 4.78 is 0.966. The molecular weight excluding hydrogens is 168 g/mol. The molecule has 1 saturated carbocycles. The minimum atomic E-state index is -0.102. The van der Waals surface area contributed by atoms with E-state index in [2.05, 4.69) is 0 Å². The summed E-state index contributed by atoms with van der Waals surface area (Å²) in [4.78, 5) is 11.5. The van der Waals surface area contributed by atoms with Gasteiger partial charge in [0.25, 0.3) is 0 Å². The molecule has 2 rings (SSSR count). The van der Waals surface area contributed by atoms with Crippen LogP contribution in [0, 0.1) is 10.1 Å². The largest absolute Gasteiger partial charge is 0.758 e. The molecule has 1 aliphatic carbocycles. The standard InChI is InChI=1S/C9H14N2O2/c1-7-6-10(12)8-4-2-3-5-9(8)11(7)13/h6,8-9H,2-5H2,1H3/t8-,9+/m1/s1. The van der Waals surface area contributed by atoms with Crippen molar-refractivity contribution in [3.05, 3.63) is 22.0 Å². The second-order valence-corrected chi connectivity index (χ2v) is 3.88. The number of rotatable bonds is 0. The number of nitroso groups, excluding NO2 is 1. The number of hydroxylamine groups is 2. The second kappa shape index (κ2) is 3.10. The van der Waals surface area contributed by atoms with E-state index in [1.807, 2.05) is 0 Å². The van der Waals surface area contributed by atoms with Gasteiger partial charge in [0.05, 0.1) is 11.7 Å². The van der Waals surface area contributed by atoms with Crippen molar-refractivity contribution in [3.63, 3.8) is 0 Å². The van der Waals surface area contributed by atoms with Crippen LogP contribution >= 0.6 is 0 Å². The van der Waals surface area contributed by atoms with Crippen LogP contribution in [-0.4, -0.2) is 21.9 Å². The lowest BCUT2D eigenvalue weighted by atomic mass is 9.89. The van der Waals surface area contributed by atoms with Crippen LogP contribution in [0.15, 0.2) is 11.9 Å². The third-order valence-electron chi connectivity index (χ3n) is 2.98. The fourth-order valence-electron chi connectivity index (χ4n) is 2.26. The summed E-state index contributed by atoms with van der Waals surface area (Å²) in [6.07, 6.45) is 5.27. The Morgan fingerprint density at radius 2 is 2.23 bits per heavy atom. The van der Waals surface area contributed by atoms with Crippen molar-refractivity contribution in [2.75, 3.05) is 0 Å². The van der Waals surface area contributed by atoms with Crippen LogP contribution < -0.4 is 0 Å². The van der Waals surface area contributed by atoms with Gasteiger partial charge in [0.1, 0.15) is 0 Å². The van der Waals surface area contributed by atoms with Gasteiger partial charge in [-0.3, -0.25) is 0 Å². The van der Waals surface area contributed by atoms with Gasteiger partial charge in [-0.25, -0.2) is 0 Å². The summed E-state index contributed by atoms with van der Waals surface area (Å²) in [5.74, 6) is 0. The molecule has 0 radical (unpaired) electrons. The molecule has 13 heavy (non-hydrogen) atoms. The third kappa shape index (κ3) is 1.35. The molecule has 0 aromatic carbocycles. The lowest BCUT2D eigenvalue weighted by Gasteiger charge is -2.43. The van der Waals surface area contributed by atoms with Crippen molar-refractivity contribution in [1.82, 2.24) is 5.06 Å². The van der Waals surface area contributed by atoms with Crippen LogP contribution in [0.2, 0.25) is 0 Å². The predicted molar refractivity (Wildman–Crippen MR) is 48.6 cm³/mol. The Kier molecular flexibility index (Phi) is 2.07. The van der Waals surface area contributed by atoms with Gasteiger partial charge in [0.2, 0.25) is 12.2 Å². The van der Waals surface area contributed by atoms with E-state index >= 15 is 0 Å². The minimum Gasteiger partial charge on any atom is -0.758 e. The number of nitrogens with zero attached hydrogens (tertiary/aromatic N) is 2. The highest BCUT2D eigenvalue weighted by atomic mass is 16.5. The number of allylic oxidation sites excluding steroid dienone is 1. The molecule has 0 amide bonds. The number of hydrogen-bond acceptors (Lipinski definition) is 3. The quantitative estimate of drug-likeness (QED) is 0.536. The maximum absolute atomic E-state index is 11.6. The van der Waals surface area contributed by atoms with Crippen LogP contribution in [0.25, 0.3) is 0 Å². The Bertz CT molecular complexity index is 262. The lowest BCUT2D eigenvalue weighted by molar-refractivity contribution is -0.540. The Morgan fingerprint density at radius 1 is 1.54 bits per heavy atom. The van der Waals surface area contributed by atoms with E-state index in [0.717, 1.165) is 35.5 Å². The van der Waals surface area contributed by atoms with Crippen molar-refractivity contribution in [1.29, 1.82) is 0 Å². The third-order valence-corrected chi connectivity index (χ3v) is 2.98. The van der Waals surface area contributed by atoms with Crippen molar-refractivity contribution >= 4 is 0 Å². The van der Waals surface area contributed by atoms with E-state index < -0.39 is 0 Å². The molecule has 0 unspecified atom stereocenters.